The molecule has 0 saturated heterocycles. The van der Waals surface area contributed by atoms with Crippen LogP contribution in [0, 0.1) is 0 Å². The Labute approximate surface area is 95.1 Å². The van der Waals surface area contributed by atoms with Crippen LogP contribution in [0.25, 0.3) is 0 Å². The molecule has 15 heavy (non-hydrogen) atoms. The minimum atomic E-state index is -0.776. The summed E-state index contributed by atoms with van der Waals surface area (Å²) in [5.41, 5.74) is 5.38. The van der Waals surface area contributed by atoms with Crippen LogP contribution in [-0.2, 0) is 10.8 Å². The highest BCUT2D eigenvalue weighted by Gasteiger charge is 2.01. The van der Waals surface area contributed by atoms with E-state index in [1.54, 1.807) is 6.26 Å². The van der Waals surface area contributed by atoms with Crippen molar-refractivity contribution in [2.24, 2.45) is 0 Å². The Bertz CT molecular complexity index is 341. The summed E-state index contributed by atoms with van der Waals surface area (Å²) in [7, 11) is -0.776. The first-order chi connectivity index (χ1) is 7.08. The van der Waals surface area contributed by atoms with Crippen molar-refractivity contribution in [1.29, 1.82) is 0 Å². The van der Waals surface area contributed by atoms with Crippen molar-refractivity contribution in [3.8, 4) is 0 Å². The molecule has 0 aliphatic heterocycles. The first kappa shape index (κ1) is 12.1. The van der Waals surface area contributed by atoms with Crippen LogP contribution in [0.5, 0.6) is 0 Å². The highest BCUT2D eigenvalue weighted by Crippen LogP contribution is 2.06. The molecule has 0 aliphatic rings. The lowest BCUT2D eigenvalue weighted by Crippen LogP contribution is -2.10. The van der Waals surface area contributed by atoms with Gasteiger partial charge in [0.05, 0.1) is 0 Å². The molecule has 0 aliphatic carbocycles. The topological polar surface area (TPSA) is 93.8 Å². The van der Waals surface area contributed by atoms with Gasteiger partial charge < -0.3 is 11.1 Å². The summed E-state index contributed by atoms with van der Waals surface area (Å²) in [6, 6.07) is 0. The molecule has 0 fully saturated rings. The highest BCUT2D eigenvalue weighted by atomic mass is 35.5. The van der Waals surface area contributed by atoms with E-state index >= 15 is 0 Å². The number of nitrogens with one attached hydrogen (secondary N) is 1. The van der Waals surface area contributed by atoms with Gasteiger partial charge in [-0.2, -0.15) is 15.0 Å². The second kappa shape index (κ2) is 5.82. The molecular weight excluding hydrogens is 238 g/mol. The minimum absolute atomic E-state index is 0.0593. The van der Waals surface area contributed by atoms with Crippen molar-refractivity contribution in [3.05, 3.63) is 5.28 Å². The fourth-order valence-corrected chi connectivity index (χ4v) is 1.64. The molecule has 0 radical (unpaired) electrons. The predicted molar refractivity (Wildman–Crippen MR) is 61.3 cm³/mol. The Morgan fingerprint density at radius 2 is 2.20 bits per heavy atom. The van der Waals surface area contributed by atoms with Crippen LogP contribution >= 0.6 is 11.6 Å². The van der Waals surface area contributed by atoms with Crippen LogP contribution in [0.15, 0.2) is 0 Å². The average Bonchev–Trinajstić information content (AvgIpc) is 2.10. The third kappa shape index (κ3) is 4.89. The van der Waals surface area contributed by atoms with Crippen molar-refractivity contribution < 1.29 is 4.21 Å². The van der Waals surface area contributed by atoms with Gasteiger partial charge in [-0.05, 0) is 18.0 Å². The second-order valence-electron chi connectivity index (χ2n) is 2.84. The predicted octanol–water partition coefficient (Wildman–Crippen LogP) is 0.288. The SMILES string of the molecule is CS(=O)CCCNc1nc(N)nc(Cl)n1. The van der Waals surface area contributed by atoms with Crippen LogP contribution < -0.4 is 11.1 Å². The fourth-order valence-electron chi connectivity index (χ4n) is 0.920. The van der Waals surface area contributed by atoms with Crippen LogP contribution in [0.3, 0.4) is 0 Å². The van der Waals surface area contributed by atoms with E-state index in [0.29, 0.717) is 18.2 Å². The number of nitrogens with zero attached hydrogens (tertiary/aromatic N) is 3. The van der Waals surface area contributed by atoms with Crippen molar-refractivity contribution >= 4 is 34.3 Å². The van der Waals surface area contributed by atoms with E-state index in [0.717, 1.165) is 6.42 Å². The van der Waals surface area contributed by atoms with E-state index in [1.807, 2.05) is 0 Å². The van der Waals surface area contributed by atoms with Gasteiger partial charge in [-0.25, -0.2) is 0 Å². The Hall–Kier alpha value is -0.950. The Kier molecular flexibility index (Phi) is 4.70. The second-order valence-corrected chi connectivity index (χ2v) is 4.74. The number of nitrogens with two attached hydrogens (primary N) is 1. The van der Waals surface area contributed by atoms with Crippen LogP contribution in [-0.4, -0.2) is 37.7 Å². The molecule has 0 spiro atoms. The Morgan fingerprint density at radius 3 is 2.80 bits per heavy atom. The van der Waals surface area contributed by atoms with Gasteiger partial charge in [0, 0.05) is 29.4 Å². The largest absolute Gasteiger partial charge is 0.368 e. The van der Waals surface area contributed by atoms with E-state index in [4.69, 9.17) is 17.3 Å². The summed E-state index contributed by atoms with van der Waals surface area (Å²) in [4.78, 5) is 11.3. The fraction of sp³-hybridized carbons (Fsp3) is 0.571. The number of hydrogen-bond donors (Lipinski definition) is 2. The summed E-state index contributed by atoms with van der Waals surface area (Å²) < 4.78 is 10.8. The van der Waals surface area contributed by atoms with Crippen molar-refractivity contribution in [2.75, 3.05) is 29.6 Å². The van der Waals surface area contributed by atoms with Gasteiger partial charge in [0.2, 0.25) is 17.2 Å². The van der Waals surface area contributed by atoms with Gasteiger partial charge in [0.15, 0.2) is 0 Å². The Morgan fingerprint density at radius 1 is 1.47 bits per heavy atom. The Balaban J connectivity index is 2.40. The van der Waals surface area contributed by atoms with Gasteiger partial charge >= 0.3 is 0 Å². The molecule has 1 heterocycles. The molecule has 0 amide bonds. The molecule has 84 valence electrons. The van der Waals surface area contributed by atoms with E-state index in [1.165, 1.54) is 0 Å². The first-order valence-corrected chi connectivity index (χ1v) is 6.39. The molecule has 0 bridgehead atoms. The molecule has 0 aromatic carbocycles. The zero-order chi connectivity index (χ0) is 11.3. The highest BCUT2D eigenvalue weighted by molar-refractivity contribution is 7.84. The average molecular weight is 250 g/mol. The zero-order valence-corrected chi connectivity index (χ0v) is 9.81. The number of halogens is 1. The van der Waals surface area contributed by atoms with E-state index in [-0.39, 0.29) is 11.2 Å². The molecule has 1 unspecified atom stereocenters. The van der Waals surface area contributed by atoms with Crippen LogP contribution in [0.4, 0.5) is 11.9 Å². The smallest absolute Gasteiger partial charge is 0.228 e. The molecule has 3 N–H and O–H groups in total. The van der Waals surface area contributed by atoms with Crippen LogP contribution in [0.1, 0.15) is 6.42 Å². The summed E-state index contributed by atoms with van der Waals surface area (Å²) in [6.45, 7) is 0.624. The van der Waals surface area contributed by atoms with Crippen molar-refractivity contribution in [2.45, 2.75) is 6.42 Å². The van der Waals surface area contributed by atoms with E-state index < -0.39 is 10.8 Å². The van der Waals surface area contributed by atoms with Crippen molar-refractivity contribution in [1.82, 2.24) is 15.0 Å². The summed E-state index contributed by atoms with van der Waals surface area (Å²) in [5, 5.41) is 2.98. The van der Waals surface area contributed by atoms with E-state index in [9.17, 15) is 4.21 Å². The maximum Gasteiger partial charge on any atom is 0.228 e. The van der Waals surface area contributed by atoms with Gasteiger partial charge in [0.1, 0.15) is 0 Å². The number of anilines is 2. The van der Waals surface area contributed by atoms with Crippen LogP contribution in [0.2, 0.25) is 5.28 Å². The maximum absolute atomic E-state index is 10.8. The molecular formula is C7H12ClN5OS. The summed E-state index contributed by atoms with van der Waals surface area (Å²) >= 11 is 5.58. The third-order valence-corrected chi connectivity index (χ3v) is 2.55. The summed E-state index contributed by atoms with van der Waals surface area (Å²) in [5.74, 6) is 1.06. The monoisotopic (exact) mass is 249 g/mol. The lowest BCUT2D eigenvalue weighted by atomic mass is 10.5. The first-order valence-electron chi connectivity index (χ1n) is 4.29. The quantitative estimate of drug-likeness (QED) is 0.729. The minimum Gasteiger partial charge on any atom is -0.368 e. The number of rotatable bonds is 5. The zero-order valence-electron chi connectivity index (χ0n) is 8.23. The van der Waals surface area contributed by atoms with E-state index in [2.05, 4.69) is 20.3 Å². The number of hydrogen-bond acceptors (Lipinski definition) is 6. The standard InChI is InChI=1S/C7H12ClN5OS/c1-15(14)4-2-3-10-7-12-5(8)11-6(9)13-7/h2-4H2,1H3,(H3,9,10,11,12,13). The number of nitrogen functional groups attached to an aromatic ring is 1. The lowest BCUT2D eigenvalue weighted by molar-refractivity contribution is 0.685. The molecule has 0 saturated carbocycles. The van der Waals surface area contributed by atoms with Gasteiger partial charge in [-0.1, -0.05) is 0 Å². The van der Waals surface area contributed by atoms with Crippen molar-refractivity contribution in [3.63, 3.8) is 0 Å². The van der Waals surface area contributed by atoms with Gasteiger partial charge in [0.25, 0.3) is 0 Å². The molecule has 6 nitrogen and oxygen atoms in total. The number of aromatic nitrogens is 3. The normalized spacial score (nSPS) is 12.4. The molecule has 1 aromatic rings. The van der Waals surface area contributed by atoms with Gasteiger partial charge in [-0.3, -0.25) is 4.21 Å². The van der Waals surface area contributed by atoms with Gasteiger partial charge in [-0.15, -0.1) is 0 Å². The molecule has 1 atom stereocenters. The maximum atomic E-state index is 10.8. The summed E-state index contributed by atoms with van der Waals surface area (Å²) in [6.07, 6.45) is 2.43. The molecule has 1 rings (SSSR count). The molecule has 1 aromatic heterocycles. The lowest BCUT2D eigenvalue weighted by Gasteiger charge is -2.03. The molecule has 8 heteroatoms. The third-order valence-electron chi connectivity index (χ3n) is 1.52.